The lowest BCUT2D eigenvalue weighted by Crippen LogP contribution is -3.00. The Kier molecular flexibility index (Phi) is 6.59. The van der Waals surface area contributed by atoms with E-state index in [0.717, 1.165) is 4.57 Å². The van der Waals surface area contributed by atoms with Crippen molar-refractivity contribution < 1.29 is 48.6 Å². The number of halogens is 5. The lowest BCUT2D eigenvalue weighted by molar-refractivity contribution is -0.664. The summed E-state index contributed by atoms with van der Waals surface area (Å²) in [5.74, 6) is -0.152. The standard InChI is InChI=1S/C18H15F4N2O2.BrH/c1-11-23(14-4-2-3-5-15(14)24(11)17(19)20)10-16(25)12-6-8-13(9-7-12)26-18(21)22;/h2-9,17-18H,10H2,1H3;1H/q+1;/p-1. The summed E-state index contributed by atoms with van der Waals surface area (Å²) < 4.78 is 57.7. The van der Waals surface area contributed by atoms with E-state index in [1.807, 2.05) is 0 Å². The Bertz CT molecular complexity index is 942. The van der Waals surface area contributed by atoms with Crippen LogP contribution in [0.25, 0.3) is 11.0 Å². The number of ether oxygens (including phenoxy) is 1. The zero-order chi connectivity index (χ0) is 18.8. The van der Waals surface area contributed by atoms with Crippen molar-refractivity contribution in [1.29, 1.82) is 0 Å². The molecule has 4 nitrogen and oxygen atoms in total. The molecule has 0 aliphatic heterocycles. The van der Waals surface area contributed by atoms with Gasteiger partial charge in [-0.2, -0.15) is 22.1 Å². The smallest absolute Gasteiger partial charge is 0.387 e. The summed E-state index contributed by atoms with van der Waals surface area (Å²) in [6.07, 6.45) is 0. The first-order valence-corrected chi connectivity index (χ1v) is 7.74. The number of para-hydroxylation sites is 2. The number of nitrogens with zero attached hydrogens (tertiary/aromatic N) is 2. The Morgan fingerprint density at radius 2 is 1.70 bits per heavy atom. The van der Waals surface area contributed by atoms with Gasteiger partial charge in [-0.15, -0.1) is 0 Å². The first-order chi connectivity index (χ1) is 12.4. The molecule has 0 saturated carbocycles. The molecule has 3 rings (SSSR count). The molecule has 0 N–H and O–H groups in total. The number of hydrogen-bond donors (Lipinski definition) is 0. The normalized spacial score (nSPS) is 11.1. The number of rotatable bonds is 6. The Balaban J connectivity index is 0.00000261. The fraction of sp³-hybridized carbons (Fsp3) is 0.222. The van der Waals surface area contributed by atoms with Crippen LogP contribution in [0.1, 0.15) is 22.7 Å². The van der Waals surface area contributed by atoms with Crippen molar-refractivity contribution in [2.24, 2.45) is 0 Å². The molecule has 0 saturated heterocycles. The van der Waals surface area contributed by atoms with Gasteiger partial charge in [0.2, 0.25) is 5.78 Å². The second-order valence-corrected chi connectivity index (χ2v) is 5.60. The van der Waals surface area contributed by atoms with Crippen molar-refractivity contribution in [3.8, 4) is 5.75 Å². The highest BCUT2D eigenvalue weighted by Gasteiger charge is 2.28. The van der Waals surface area contributed by atoms with Gasteiger partial charge >= 0.3 is 13.2 Å². The van der Waals surface area contributed by atoms with Crippen molar-refractivity contribution in [3.63, 3.8) is 0 Å². The highest BCUT2D eigenvalue weighted by atomic mass is 79.9. The predicted octanol–water partition coefficient (Wildman–Crippen LogP) is 1.12. The Hall–Kier alpha value is -2.42. The highest BCUT2D eigenvalue weighted by molar-refractivity contribution is 5.95. The average molecular weight is 447 g/mol. The molecular formula is C18H15BrF4N2O2. The zero-order valence-electron chi connectivity index (χ0n) is 14.1. The number of benzene rings is 2. The van der Waals surface area contributed by atoms with E-state index in [-0.39, 0.29) is 46.4 Å². The maximum absolute atomic E-state index is 13.4. The molecule has 0 fully saturated rings. The van der Waals surface area contributed by atoms with Gasteiger partial charge in [0.25, 0.3) is 5.82 Å². The number of hydrogen-bond acceptors (Lipinski definition) is 2. The van der Waals surface area contributed by atoms with Crippen molar-refractivity contribution in [3.05, 3.63) is 59.9 Å². The van der Waals surface area contributed by atoms with E-state index >= 15 is 0 Å². The van der Waals surface area contributed by atoms with E-state index in [1.165, 1.54) is 35.8 Å². The van der Waals surface area contributed by atoms with Crippen LogP contribution in [-0.2, 0) is 6.54 Å². The van der Waals surface area contributed by atoms with Crippen LogP contribution in [-0.4, -0.2) is 17.0 Å². The quantitative estimate of drug-likeness (QED) is 0.323. The van der Waals surface area contributed by atoms with Crippen LogP contribution in [0.5, 0.6) is 5.75 Å². The van der Waals surface area contributed by atoms with E-state index < -0.39 is 13.2 Å². The number of ketones is 1. The van der Waals surface area contributed by atoms with Gasteiger partial charge in [0, 0.05) is 12.5 Å². The fourth-order valence-corrected chi connectivity index (χ4v) is 2.88. The van der Waals surface area contributed by atoms with Gasteiger partial charge in [-0.3, -0.25) is 4.79 Å². The fourth-order valence-electron chi connectivity index (χ4n) is 2.88. The maximum atomic E-state index is 13.4. The molecule has 0 radical (unpaired) electrons. The summed E-state index contributed by atoms with van der Waals surface area (Å²) in [6.45, 7) is -4.32. The molecule has 144 valence electrons. The Labute approximate surface area is 162 Å². The second-order valence-electron chi connectivity index (χ2n) is 5.60. The molecule has 3 aromatic rings. The number of carbonyl (C=O) groups excluding carboxylic acids is 1. The SMILES string of the molecule is Cc1n(C(F)F)c2ccccc2[n+]1CC(=O)c1ccc(OC(F)F)cc1.[Br-]. The van der Waals surface area contributed by atoms with E-state index in [1.54, 1.807) is 24.3 Å². The summed E-state index contributed by atoms with van der Waals surface area (Å²) in [7, 11) is 0. The lowest BCUT2D eigenvalue weighted by atomic mass is 10.1. The van der Waals surface area contributed by atoms with Crippen LogP contribution in [0.2, 0.25) is 0 Å². The van der Waals surface area contributed by atoms with Gasteiger partial charge in [0.1, 0.15) is 5.75 Å². The van der Waals surface area contributed by atoms with E-state index in [2.05, 4.69) is 4.74 Å². The molecule has 1 heterocycles. The number of alkyl halides is 4. The lowest BCUT2D eigenvalue weighted by Gasteiger charge is -2.05. The molecule has 9 heteroatoms. The summed E-state index contributed by atoms with van der Waals surface area (Å²) in [5.41, 5.74) is 1.11. The van der Waals surface area contributed by atoms with Crippen LogP contribution in [0.15, 0.2) is 48.5 Å². The number of Topliss-reactive ketones (excluding diaryl/α,β-unsaturated/α-hetero) is 1. The molecule has 0 amide bonds. The molecule has 0 unspecified atom stereocenters. The van der Waals surface area contributed by atoms with Gasteiger partial charge in [-0.05, 0) is 36.4 Å². The van der Waals surface area contributed by atoms with Crippen molar-refractivity contribution in [2.45, 2.75) is 26.6 Å². The zero-order valence-corrected chi connectivity index (χ0v) is 15.7. The van der Waals surface area contributed by atoms with Crippen molar-refractivity contribution >= 4 is 16.8 Å². The van der Waals surface area contributed by atoms with Crippen LogP contribution in [0, 0.1) is 6.92 Å². The molecule has 0 aliphatic rings. The summed E-state index contributed by atoms with van der Waals surface area (Å²) >= 11 is 0. The molecular weight excluding hydrogens is 432 g/mol. The van der Waals surface area contributed by atoms with Gasteiger partial charge < -0.3 is 21.7 Å². The van der Waals surface area contributed by atoms with Crippen LogP contribution < -0.4 is 26.3 Å². The van der Waals surface area contributed by atoms with Crippen LogP contribution in [0.3, 0.4) is 0 Å². The third-order valence-electron chi connectivity index (χ3n) is 4.07. The van der Waals surface area contributed by atoms with Gasteiger partial charge in [0.05, 0.1) is 0 Å². The van der Waals surface area contributed by atoms with Gasteiger partial charge in [0.15, 0.2) is 17.6 Å². The van der Waals surface area contributed by atoms with E-state index in [0.29, 0.717) is 11.0 Å². The minimum absolute atomic E-state index is 0. The van der Waals surface area contributed by atoms with Crippen molar-refractivity contribution in [1.82, 2.24) is 4.57 Å². The average Bonchev–Trinajstić information content (AvgIpc) is 2.87. The number of imidazole rings is 1. The predicted molar refractivity (Wildman–Crippen MR) is 85.5 cm³/mol. The molecule has 0 bridgehead atoms. The first kappa shape index (κ1) is 20.9. The first-order valence-electron chi connectivity index (χ1n) is 7.74. The van der Waals surface area contributed by atoms with Gasteiger partial charge in [-0.25, -0.2) is 4.57 Å². The molecule has 1 aromatic heterocycles. The number of aromatic nitrogens is 2. The minimum atomic E-state index is -2.95. The molecule has 2 aromatic carbocycles. The van der Waals surface area contributed by atoms with Crippen molar-refractivity contribution in [2.75, 3.05) is 0 Å². The summed E-state index contributed by atoms with van der Waals surface area (Å²) in [4.78, 5) is 12.5. The Morgan fingerprint density at radius 1 is 1.07 bits per heavy atom. The minimum Gasteiger partial charge on any atom is -1.00 e. The number of fused-ring (bicyclic) bond motifs is 1. The molecule has 0 aliphatic carbocycles. The molecule has 27 heavy (non-hydrogen) atoms. The highest BCUT2D eigenvalue weighted by Crippen LogP contribution is 2.22. The van der Waals surface area contributed by atoms with E-state index in [4.69, 9.17) is 0 Å². The summed E-state index contributed by atoms with van der Waals surface area (Å²) in [6, 6.07) is 11.8. The van der Waals surface area contributed by atoms with Crippen LogP contribution >= 0.6 is 0 Å². The van der Waals surface area contributed by atoms with Gasteiger partial charge in [-0.1, -0.05) is 12.1 Å². The van der Waals surface area contributed by atoms with E-state index in [9.17, 15) is 22.4 Å². The van der Waals surface area contributed by atoms with Crippen LogP contribution in [0.4, 0.5) is 17.6 Å². The number of carbonyl (C=O) groups is 1. The topological polar surface area (TPSA) is 35.1 Å². The summed E-state index contributed by atoms with van der Waals surface area (Å²) in [5, 5.41) is 0. The third kappa shape index (κ3) is 4.29. The molecule has 0 atom stereocenters. The maximum Gasteiger partial charge on any atom is 0.387 e. The molecule has 0 spiro atoms. The Morgan fingerprint density at radius 3 is 2.30 bits per heavy atom. The second kappa shape index (κ2) is 8.51. The largest absolute Gasteiger partial charge is 1.00 e. The third-order valence-corrected chi connectivity index (χ3v) is 4.07. The monoisotopic (exact) mass is 446 g/mol.